The van der Waals surface area contributed by atoms with E-state index in [9.17, 15) is 4.79 Å². The van der Waals surface area contributed by atoms with Gasteiger partial charge in [0, 0.05) is 38.3 Å². The van der Waals surface area contributed by atoms with Crippen molar-refractivity contribution in [3.8, 4) is 23.0 Å². The standard InChI is InChI=1S/C24H30N2O5/c1-5-16-31-20-9-7-6-8-19(20)24(27)26-14-12-25(13-15-26)17-18-10-11-21(28-2)23(30-4)22(18)29-3/h5-11H,1,12-17H2,2-4H3. The maximum Gasteiger partial charge on any atom is 0.257 e. The monoisotopic (exact) mass is 426 g/mol. The first-order valence-electron chi connectivity index (χ1n) is 10.2. The molecule has 3 rings (SSSR count). The fourth-order valence-electron chi connectivity index (χ4n) is 3.73. The second-order valence-electron chi connectivity index (χ2n) is 7.16. The van der Waals surface area contributed by atoms with E-state index in [0.717, 1.165) is 18.7 Å². The Bertz CT molecular complexity index is 907. The van der Waals surface area contributed by atoms with Gasteiger partial charge in [0.25, 0.3) is 5.91 Å². The normalized spacial score (nSPS) is 14.1. The van der Waals surface area contributed by atoms with E-state index < -0.39 is 0 Å². The molecule has 0 N–H and O–H groups in total. The molecular weight excluding hydrogens is 396 g/mol. The first kappa shape index (κ1) is 22.5. The lowest BCUT2D eigenvalue weighted by molar-refractivity contribution is 0.0623. The number of rotatable bonds is 9. The lowest BCUT2D eigenvalue weighted by Crippen LogP contribution is -2.48. The molecule has 0 radical (unpaired) electrons. The van der Waals surface area contributed by atoms with Gasteiger partial charge in [-0.1, -0.05) is 30.9 Å². The van der Waals surface area contributed by atoms with Crippen molar-refractivity contribution in [1.82, 2.24) is 9.80 Å². The molecule has 2 aromatic rings. The number of nitrogens with zero attached hydrogens (tertiary/aromatic N) is 2. The number of carbonyl (C=O) groups excluding carboxylic acids is 1. The molecule has 1 heterocycles. The Kier molecular flexibility index (Phi) is 7.78. The predicted octanol–water partition coefficient (Wildman–Crippen LogP) is 3.24. The molecule has 31 heavy (non-hydrogen) atoms. The molecule has 0 saturated carbocycles. The van der Waals surface area contributed by atoms with Crippen LogP contribution in [0.15, 0.2) is 49.1 Å². The average molecular weight is 427 g/mol. The number of carbonyl (C=O) groups is 1. The summed E-state index contributed by atoms with van der Waals surface area (Å²) in [5, 5.41) is 0. The van der Waals surface area contributed by atoms with Gasteiger partial charge in [0.1, 0.15) is 12.4 Å². The molecule has 1 fully saturated rings. The summed E-state index contributed by atoms with van der Waals surface area (Å²) in [5.41, 5.74) is 1.60. The highest BCUT2D eigenvalue weighted by Gasteiger charge is 2.25. The first-order chi connectivity index (χ1) is 15.1. The second kappa shape index (κ2) is 10.7. The molecule has 0 spiro atoms. The lowest BCUT2D eigenvalue weighted by Gasteiger charge is -2.35. The first-order valence-corrected chi connectivity index (χ1v) is 10.2. The van der Waals surface area contributed by atoms with Crippen LogP contribution in [0.5, 0.6) is 23.0 Å². The van der Waals surface area contributed by atoms with Gasteiger partial charge in [-0.3, -0.25) is 9.69 Å². The van der Waals surface area contributed by atoms with E-state index >= 15 is 0 Å². The highest BCUT2D eigenvalue weighted by molar-refractivity contribution is 5.97. The van der Waals surface area contributed by atoms with E-state index in [4.69, 9.17) is 18.9 Å². The summed E-state index contributed by atoms with van der Waals surface area (Å²) in [6.07, 6.45) is 1.67. The SMILES string of the molecule is C=CCOc1ccccc1C(=O)N1CCN(Cc2ccc(OC)c(OC)c2OC)CC1. The third kappa shape index (κ3) is 5.11. The van der Waals surface area contributed by atoms with Gasteiger partial charge in [-0.25, -0.2) is 0 Å². The molecule has 0 unspecified atom stereocenters. The van der Waals surface area contributed by atoms with Crippen LogP contribution >= 0.6 is 0 Å². The smallest absolute Gasteiger partial charge is 0.257 e. The summed E-state index contributed by atoms with van der Waals surface area (Å²) in [5.74, 6) is 2.48. The largest absolute Gasteiger partial charge is 0.493 e. The van der Waals surface area contributed by atoms with Crippen molar-refractivity contribution in [2.75, 3.05) is 54.1 Å². The van der Waals surface area contributed by atoms with Gasteiger partial charge in [0.05, 0.1) is 26.9 Å². The van der Waals surface area contributed by atoms with E-state index in [1.165, 1.54) is 0 Å². The maximum atomic E-state index is 13.1. The van der Waals surface area contributed by atoms with Crippen molar-refractivity contribution in [1.29, 1.82) is 0 Å². The van der Waals surface area contributed by atoms with Crippen molar-refractivity contribution in [3.05, 3.63) is 60.2 Å². The zero-order valence-electron chi connectivity index (χ0n) is 18.4. The van der Waals surface area contributed by atoms with E-state index in [1.54, 1.807) is 27.4 Å². The Balaban J connectivity index is 1.66. The van der Waals surface area contributed by atoms with Gasteiger partial charge in [-0.05, 0) is 18.2 Å². The lowest BCUT2D eigenvalue weighted by atomic mass is 10.1. The van der Waals surface area contributed by atoms with Crippen molar-refractivity contribution >= 4 is 5.91 Å². The molecule has 1 aliphatic rings. The number of benzene rings is 2. The van der Waals surface area contributed by atoms with Crippen molar-refractivity contribution in [2.24, 2.45) is 0 Å². The molecule has 166 valence electrons. The van der Waals surface area contributed by atoms with Gasteiger partial charge in [-0.15, -0.1) is 0 Å². The summed E-state index contributed by atoms with van der Waals surface area (Å²) in [7, 11) is 4.84. The van der Waals surface area contributed by atoms with Crippen LogP contribution in [0.3, 0.4) is 0 Å². The van der Waals surface area contributed by atoms with Crippen LogP contribution in [-0.2, 0) is 6.54 Å². The second-order valence-corrected chi connectivity index (χ2v) is 7.16. The van der Waals surface area contributed by atoms with Gasteiger partial charge >= 0.3 is 0 Å². The number of ether oxygens (including phenoxy) is 4. The predicted molar refractivity (Wildman–Crippen MR) is 119 cm³/mol. The van der Waals surface area contributed by atoms with Crippen molar-refractivity contribution in [3.63, 3.8) is 0 Å². The summed E-state index contributed by atoms with van der Waals surface area (Å²) in [4.78, 5) is 17.2. The topological polar surface area (TPSA) is 60.5 Å². The zero-order chi connectivity index (χ0) is 22.2. The quantitative estimate of drug-likeness (QED) is 0.574. The van der Waals surface area contributed by atoms with E-state index in [1.807, 2.05) is 41.3 Å². The van der Waals surface area contributed by atoms with Crippen LogP contribution in [0.25, 0.3) is 0 Å². The highest BCUT2D eigenvalue weighted by Crippen LogP contribution is 2.40. The molecule has 0 bridgehead atoms. The van der Waals surface area contributed by atoms with Gasteiger partial charge in [-0.2, -0.15) is 0 Å². The minimum absolute atomic E-state index is 0.0111. The number of para-hydroxylation sites is 1. The Morgan fingerprint density at radius 2 is 1.65 bits per heavy atom. The molecule has 0 aliphatic carbocycles. The Morgan fingerprint density at radius 3 is 2.29 bits per heavy atom. The highest BCUT2D eigenvalue weighted by atomic mass is 16.5. The molecule has 0 atom stereocenters. The summed E-state index contributed by atoms with van der Waals surface area (Å²) in [6.45, 7) is 7.54. The molecule has 1 amide bonds. The van der Waals surface area contributed by atoms with Gasteiger partial charge in [0.2, 0.25) is 5.75 Å². The van der Waals surface area contributed by atoms with Crippen LogP contribution in [0, 0.1) is 0 Å². The van der Waals surface area contributed by atoms with E-state index in [2.05, 4.69) is 11.5 Å². The third-order valence-electron chi connectivity index (χ3n) is 5.31. The Hall–Kier alpha value is -3.19. The van der Waals surface area contributed by atoms with Crippen molar-refractivity contribution in [2.45, 2.75) is 6.54 Å². The van der Waals surface area contributed by atoms with E-state index in [-0.39, 0.29) is 5.91 Å². The summed E-state index contributed by atoms with van der Waals surface area (Å²) >= 11 is 0. The molecule has 7 nitrogen and oxygen atoms in total. The Labute approximate surface area is 183 Å². The number of methoxy groups -OCH3 is 3. The van der Waals surface area contributed by atoms with Crippen LogP contribution in [-0.4, -0.2) is 69.8 Å². The molecule has 1 aliphatic heterocycles. The van der Waals surface area contributed by atoms with Gasteiger partial charge in [0.15, 0.2) is 11.5 Å². The molecule has 7 heteroatoms. The number of amides is 1. The molecule has 0 aromatic heterocycles. The van der Waals surface area contributed by atoms with Gasteiger partial charge < -0.3 is 23.8 Å². The molecule has 2 aromatic carbocycles. The minimum Gasteiger partial charge on any atom is -0.493 e. The molecule has 1 saturated heterocycles. The van der Waals surface area contributed by atoms with Crippen LogP contribution in [0.1, 0.15) is 15.9 Å². The average Bonchev–Trinajstić information content (AvgIpc) is 2.82. The summed E-state index contributed by atoms with van der Waals surface area (Å²) in [6, 6.07) is 11.2. The van der Waals surface area contributed by atoms with Crippen LogP contribution in [0.2, 0.25) is 0 Å². The van der Waals surface area contributed by atoms with Crippen LogP contribution in [0.4, 0.5) is 0 Å². The third-order valence-corrected chi connectivity index (χ3v) is 5.31. The van der Waals surface area contributed by atoms with Crippen molar-refractivity contribution < 1.29 is 23.7 Å². The number of hydrogen-bond acceptors (Lipinski definition) is 6. The number of hydrogen-bond donors (Lipinski definition) is 0. The number of piperazine rings is 1. The minimum atomic E-state index is -0.0111. The van der Waals surface area contributed by atoms with E-state index in [0.29, 0.717) is 54.8 Å². The van der Waals surface area contributed by atoms with Crippen LogP contribution < -0.4 is 18.9 Å². The summed E-state index contributed by atoms with van der Waals surface area (Å²) < 4.78 is 22.1. The fourth-order valence-corrected chi connectivity index (χ4v) is 3.73. The zero-order valence-corrected chi connectivity index (χ0v) is 18.4. The Morgan fingerprint density at radius 1 is 0.935 bits per heavy atom. The maximum absolute atomic E-state index is 13.1. The fraction of sp³-hybridized carbons (Fsp3) is 0.375. The molecular formula is C24H30N2O5.